The maximum atomic E-state index is 5.21. The summed E-state index contributed by atoms with van der Waals surface area (Å²) in [4.78, 5) is 10.4. The molecule has 4 nitrogen and oxygen atoms in total. The van der Waals surface area contributed by atoms with Crippen molar-refractivity contribution in [3.63, 3.8) is 0 Å². The van der Waals surface area contributed by atoms with Crippen LogP contribution < -0.4 is 0 Å². The van der Waals surface area contributed by atoms with E-state index in [9.17, 15) is 0 Å². The molecule has 4 aromatic heterocycles. The average molecular weight is 669 g/mol. The third kappa shape index (κ3) is 4.19. The van der Waals surface area contributed by atoms with Gasteiger partial charge in [-0.15, -0.1) is 11.3 Å². The van der Waals surface area contributed by atoms with Crippen LogP contribution in [0, 0.1) is 0 Å². The number of fused-ring (bicyclic) bond motifs is 10. The molecule has 0 N–H and O–H groups in total. The van der Waals surface area contributed by atoms with E-state index in [1.54, 1.807) is 11.3 Å². The van der Waals surface area contributed by atoms with Gasteiger partial charge in [0.2, 0.25) is 0 Å². The van der Waals surface area contributed by atoms with E-state index in [2.05, 4.69) is 173 Å². The van der Waals surface area contributed by atoms with Crippen molar-refractivity contribution in [2.24, 2.45) is 0 Å². The summed E-state index contributed by atoms with van der Waals surface area (Å²) >= 11 is 1.76. The quantitative estimate of drug-likeness (QED) is 0.187. The molecule has 0 saturated heterocycles. The van der Waals surface area contributed by atoms with Crippen LogP contribution in [0.25, 0.3) is 97.9 Å². The van der Waals surface area contributed by atoms with Crippen LogP contribution in [-0.2, 0) is 0 Å². The molecule has 0 spiro atoms. The van der Waals surface area contributed by atoms with Crippen LogP contribution in [0.5, 0.6) is 0 Å². The highest BCUT2D eigenvalue weighted by Gasteiger charge is 2.21. The lowest BCUT2D eigenvalue weighted by molar-refractivity contribution is 1.17. The predicted molar refractivity (Wildman–Crippen MR) is 214 cm³/mol. The Hall–Kier alpha value is -6.56. The van der Waals surface area contributed by atoms with E-state index < -0.39 is 0 Å². The summed E-state index contributed by atoms with van der Waals surface area (Å²) in [5.41, 5.74) is 11.1. The second kappa shape index (κ2) is 11.0. The predicted octanol–water partition coefficient (Wildman–Crippen LogP) is 12.4. The topological polar surface area (TPSA) is 35.6 Å². The summed E-state index contributed by atoms with van der Waals surface area (Å²) in [6.07, 6.45) is 0. The number of benzene rings is 7. The summed E-state index contributed by atoms with van der Waals surface area (Å²) in [6, 6.07) is 60.5. The third-order valence-corrected chi connectivity index (χ3v) is 11.3. The number of para-hydroxylation sites is 3. The molecule has 51 heavy (non-hydrogen) atoms. The van der Waals surface area contributed by atoms with E-state index in [-0.39, 0.29) is 0 Å². The lowest BCUT2D eigenvalue weighted by Crippen LogP contribution is -1.96. The zero-order valence-electron chi connectivity index (χ0n) is 27.4. The first-order valence-electron chi connectivity index (χ1n) is 17.2. The number of aromatic nitrogens is 4. The molecule has 238 valence electrons. The summed E-state index contributed by atoms with van der Waals surface area (Å²) in [5, 5.41) is 6.15. The van der Waals surface area contributed by atoms with Crippen molar-refractivity contribution in [3.8, 4) is 34.0 Å². The molecule has 7 aromatic carbocycles. The van der Waals surface area contributed by atoms with E-state index >= 15 is 0 Å². The van der Waals surface area contributed by atoms with E-state index in [1.807, 2.05) is 6.07 Å². The number of hydrogen-bond donors (Lipinski definition) is 0. The van der Waals surface area contributed by atoms with Gasteiger partial charge in [0.1, 0.15) is 0 Å². The molecular weight excluding hydrogens is 641 g/mol. The molecule has 0 aliphatic heterocycles. The molecule has 0 radical (unpaired) electrons. The molecular formula is C46H28N4S. The molecule has 0 saturated carbocycles. The highest BCUT2D eigenvalue weighted by atomic mass is 32.1. The first kappa shape index (κ1) is 28.3. The Balaban J connectivity index is 1.13. The first-order chi connectivity index (χ1) is 25.3. The minimum absolute atomic E-state index is 0.729. The SMILES string of the molecule is c1ccc(-c2nc(-c3ccc(-n4c5ccccc5c5c4ccc4c6ccccc6n(-c6ccccc6)c45)cc3)nc3c2sc2ccccc23)cc1. The van der Waals surface area contributed by atoms with Crippen LogP contribution in [0.3, 0.4) is 0 Å². The fourth-order valence-electron chi connectivity index (χ4n) is 7.90. The molecule has 0 atom stereocenters. The number of rotatable bonds is 4. The van der Waals surface area contributed by atoms with Gasteiger partial charge in [0.05, 0.1) is 38.0 Å². The second-order valence-electron chi connectivity index (χ2n) is 13.0. The number of hydrogen-bond acceptors (Lipinski definition) is 3. The molecule has 5 heteroatoms. The molecule has 0 fully saturated rings. The molecule has 0 unspecified atom stereocenters. The van der Waals surface area contributed by atoms with Gasteiger partial charge in [-0.2, -0.15) is 0 Å². The lowest BCUT2D eigenvalue weighted by atomic mass is 10.1. The van der Waals surface area contributed by atoms with Crippen LogP contribution in [0.15, 0.2) is 170 Å². The van der Waals surface area contributed by atoms with Gasteiger partial charge >= 0.3 is 0 Å². The van der Waals surface area contributed by atoms with Gasteiger partial charge in [-0.25, -0.2) is 9.97 Å². The van der Waals surface area contributed by atoms with E-state index in [4.69, 9.17) is 9.97 Å². The monoisotopic (exact) mass is 668 g/mol. The Labute approximate surface area is 297 Å². The molecule has 11 rings (SSSR count). The van der Waals surface area contributed by atoms with Crippen LogP contribution in [-0.4, -0.2) is 19.1 Å². The Morgan fingerprint density at radius 3 is 1.82 bits per heavy atom. The van der Waals surface area contributed by atoms with Crippen molar-refractivity contribution in [1.29, 1.82) is 0 Å². The standard InChI is InChI=1S/C46H28N4S/c1-3-13-29(14-4-1)42-45-43(36-19-9-12-22-40(36)51-45)48-46(47-42)30-23-25-32(26-24-30)49-38-21-11-8-18-35(38)41-39(49)28-27-34-33-17-7-10-20-37(33)50(44(34)41)31-15-5-2-6-16-31/h1-28H. The van der Waals surface area contributed by atoms with E-state index in [1.165, 1.54) is 53.7 Å². The highest BCUT2D eigenvalue weighted by Crippen LogP contribution is 2.43. The van der Waals surface area contributed by atoms with Crippen molar-refractivity contribution in [2.75, 3.05) is 0 Å². The van der Waals surface area contributed by atoms with Gasteiger partial charge in [-0.1, -0.05) is 109 Å². The summed E-state index contributed by atoms with van der Waals surface area (Å²) in [5.74, 6) is 0.729. The zero-order valence-corrected chi connectivity index (χ0v) is 28.2. The van der Waals surface area contributed by atoms with E-state index in [0.717, 1.165) is 44.2 Å². The number of thiophene rings is 1. The Bertz CT molecular complexity index is 3120. The molecule has 4 heterocycles. The van der Waals surface area contributed by atoms with Crippen molar-refractivity contribution in [1.82, 2.24) is 19.1 Å². The second-order valence-corrected chi connectivity index (χ2v) is 14.0. The summed E-state index contributed by atoms with van der Waals surface area (Å²) < 4.78 is 7.16. The Morgan fingerprint density at radius 2 is 1.04 bits per heavy atom. The Morgan fingerprint density at radius 1 is 0.412 bits per heavy atom. The van der Waals surface area contributed by atoms with Crippen LogP contribution in [0.4, 0.5) is 0 Å². The fraction of sp³-hybridized carbons (Fsp3) is 0. The van der Waals surface area contributed by atoms with Gasteiger partial charge < -0.3 is 9.13 Å². The smallest absolute Gasteiger partial charge is 0.160 e. The largest absolute Gasteiger partial charge is 0.309 e. The maximum absolute atomic E-state index is 5.21. The molecule has 0 aliphatic carbocycles. The lowest BCUT2D eigenvalue weighted by Gasteiger charge is -2.11. The molecule has 11 aromatic rings. The first-order valence-corrected chi connectivity index (χ1v) is 18.0. The summed E-state index contributed by atoms with van der Waals surface area (Å²) in [7, 11) is 0. The van der Waals surface area contributed by atoms with E-state index in [0.29, 0.717) is 0 Å². The fourth-order valence-corrected chi connectivity index (χ4v) is 9.06. The average Bonchev–Trinajstić information content (AvgIpc) is 3.86. The van der Waals surface area contributed by atoms with Crippen molar-refractivity contribution in [2.45, 2.75) is 0 Å². The van der Waals surface area contributed by atoms with Crippen molar-refractivity contribution >= 4 is 75.3 Å². The van der Waals surface area contributed by atoms with Gasteiger partial charge in [0.15, 0.2) is 5.82 Å². The van der Waals surface area contributed by atoms with Crippen LogP contribution in [0.2, 0.25) is 0 Å². The Kier molecular flexibility index (Phi) is 6.09. The molecule has 0 bridgehead atoms. The normalized spacial score (nSPS) is 11.9. The minimum Gasteiger partial charge on any atom is -0.309 e. The maximum Gasteiger partial charge on any atom is 0.160 e. The molecule has 0 amide bonds. The summed E-state index contributed by atoms with van der Waals surface area (Å²) in [6.45, 7) is 0. The molecule has 0 aliphatic rings. The van der Waals surface area contributed by atoms with Crippen molar-refractivity contribution in [3.05, 3.63) is 170 Å². The number of nitrogens with zero attached hydrogens (tertiary/aromatic N) is 4. The van der Waals surface area contributed by atoms with Crippen LogP contribution >= 0.6 is 11.3 Å². The van der Waals surface area contributed by atoms with Crippen molar-refractivity contribution < 1.29 is 0 Å². The zero-order chi connectivity index (χ0) is 33.5. The van der Waals surface area contributed by atoms with Gasteiger partial charge in [0.25, 0.3) is 0 Å². The van der Waals surface area contributed by atoms with Crippen LogP contribution in [0.1, 0.15) is 0 Å². The minimum atomic E-state index is 0.729. The third-order valence-electron chi connectivity index (χ3n) is 10.1. The van der Waals surface area contributed by atoms with Gasteiger partial charge in [0, 0.05) is 54.1 Å². The van der Waals surface area contributed by atoms with Gasteiger partial charge in [-0.3, -0.25) is 0 Å². The highest BCUT2D eigenvalue weighted by molar-refractivity contribution is 7.26. The van der Waals surface area contributed by atoms with Gasteiger partial charge in [-0.05, 0) is 60.7 Å².